The number of anilines is 1. The molecule has 0 spiro atoms. The first-order chi connectivity index (χ1) is 14.5. The molecule has 0 aliphatic rings. The van der Waals surface area contributed by atoms with Crippen LogP contribution in [0.2, 0.25) is 0 Å². The largest absolute Gasteiger partial charge is 0.494 e. The lowest BCUT2D eigenvalue weighted by Gasteiger charge is -2.04. The lowest BCUT2D eigenvalue weighted by Crippen LogP contribution is -2.18. The lowest BCUT2D eigenvalue weighted by atomic mass is 10.3. The summed E-state index contributed by atoms with van der Waals surface area (Å²) in [5.41, 5.74) is 0.963. The number of carbonyl (C=O) groups excluding carboxylic acids is 2. The molecule has 2 heterocycles. The third-order valence-corrected chi connectivity index (χ3v) is 5.81. The molecular formula is C20H22N4O4S2. The van der Waals surface area contributed by atoms with Gasteiger partial charge in [0, 0.05) is 12.6 Å². The average molecular weight is 447 g/mol. The van der Waals surface area contributed by atoms with Crippen molar-refractivity contribution in [1.82, 2.24) is 9.72 Å². The predicted octanol–water partition coefficient (Wildman–Crippen LogP) is 3.38. The normalized spacial score (nSPS) is 11.6. The zero-order chi connectivity index (χ0) is 21.5. The van der Waals surface area contributed by atoms with Gasteiger partial charge in [-0.15, -0.1) is 18.3 Å². The monoisotopic (exact) mass is 446 g/mol. The first-order valence-electron chi connectivity index (χ1n) is 9.25. The summed E-state index contributed by atoms with van der Waals surface area (Å²) in [7, 11) is 0. The van der Waals surface area contributed by atoms with Gasteiger partial charge in [-0.1, -0.05) is 22.6 Å². The Kier molecular flexibility index (Phi) is 7.47. The molecule has 1 aromatic carbocycles. The smallest absolute Gasteiger partial charge is 0.258 e. The molecule has 2 amide bonds. The van der Waals surface area contributed by atoms with Crippen molar-refractivity contribution in [2.75, 3.05) is 23.4 Å². The van der Waals surface area contributed by atoms with Crippen LogP contribution in [0.4, 0.5) is 5.82 Å². The van der Waals surface area contributed by atoms with Gasteiger partial charge in [0.05, 0.1) is 28.3 Å². The van der Waals surface area contributed by atoms with Gasteiger partial charge in [-0.25, -0.2) is 0 Å². The van der Waals surface area contributed by atoms with Crippen molar-refractivity contribution in [2.24, 2.45) is 4.99 Å². The molecule has 8 nitrogen and oxygen atoms in total. The summed E-state index contributed by atoms with van der Waals surface area (Å²) in [5, 5.41) is 6.31. The maximum atomic E-state index is 12.4. The van der Waals surface area contributed by atoms with Crippen molar-refractivity contribution >= 4 is 50.9 Å². The van der Waals surface area contributed by atoms with Gasteiger partial charge in [-0.3, -0.25) is 9.59 Å². The molecule has 0 fully saturated rings. The number of carbonyl (C=O) groups is 2. The predicted molar refractivity (Wildman–Crippen MR) is 119 cm³/mol. The molecule has 0 unspecified atom stereocenters. The van der Waals surface area contributed by atoms with Gasteiger partial charge in [-0.2, -0.15) is 4.99 Å². The van der Waals surface area contributed by atoms with Crippen LogP contribution in [0.5, 0.6) is 5.75 Å². The molecule has 2 aromatic heterocycles. The molecule has 1 N–H and O–H groups in total. The number of nitrogens with zero attached hydrogens (tertiary/aromatic N) is 3. The number of thioether (sulfide) groups is 1. The van der Waals surface area contributed by atoms with Crippen LogP contribution in [-0.2, 0) is 16.1 Å². The maximum Gasteiger partial charge on any atom is 0.258 e. The Labute approximate surface area is 181 Å². The molecule has 158 valence electrons. The van der Waals surface area contributed by atoms with E-state index in [0.29, 0.717) is 29.5 Å². The molecule has 0 aliphatic heterocycles. The number of thiazole rings is 1. The van der Waals surface area contributed by atoms with E-state index in [9.17, 15) is 9.59 Å². The number of aryl methyl sites for hydroxylation is 1. The highest BCUT2D eigenvalue weighted by Gasteiger charge is 2.10. The molecule has 30 heavy (non-hydrogen) atoms. The minimum Gasteiger partial charge on any atom is -0.494 e. The van der Waals surface area contributed by atoms with Crippen molar-refractivity contribution in [2.45, 2.75) is 20.4 Å². The Morgan fingerprint density at radius 2 is 2.23 bits per heavy atom. The maximum absolute atomic E-state index is 12.4. The molecule has 0 saturated heterocycles. The number of rotatable bonds is 9. The Morgan fingerprint density at radius 1 is 1.40 bits per heavy atom. The van der Waals surface area contributed by atoms with Crippen molar-refractivity contribution in [1.29, 1.82) is 0 Å². The quantitative estimate of drug-likeness (QED) is 0.506. The van der Waals surface area contributed by atoms with Gasteiger partial charge in [0.25, 0.3) is 5.91 Å². The highest BCUT2D eigenvalue weighted by atomic mass is 32.2. The van der Waals surface area contributed by atoms with Gasteiger partial charge in [-0.05, 0) is 32.0 Å². The van der Waals surface area contributed by atoms with E-state index in [1.54, 1.807) is 19.1 Å². The van der Waals surface area contributed by atoms with Crippen LogP contribution in [0.3, 0.4) is 0 Å². The SMILES string of the molecule is C=CCn1c(=NC(=O)CSCC(=O)Nc2cc(C)on2)sc2cc(OCC)ccc21. The number of hydrogen-bond acceptors (Lipinski definition) is 7. The highest BCUT2D eigenvalue weighted by molar-refractivity contribution is 8.00. The number of amides is 2. The highest BCUT2D eigenvalue weighted by Crippen LogP contribution is 2.23. The van der Waals surface area contributed by atoms with Gasteiger partial charge < -0.3 is 19.1 Å². The Balaban J connectivity index is 1.67. The van der Waals surface area contributed by atoms with Crippen LogP contribution in [0.15, 0.2) is 46.4 Å². The second kappa shape index (κ2) is 10.3. The molecule has 0 aliphatic carbocycles. The Bertz CT molecular complexity index is 1130. The van der Waals surface area contributed by atoms with Crippen LogP contribution >= 0.6 is 23.1 Å². The van der Waals surface area contributed by atoms with Gasteiger partial charge in [0.2, 0.25) is 5.91 Å². The van der Waals surface area contributed by atoms with E-state index in [4.69, 9.17) is 9.26 Å². The van der Waals surface area contributed by atoms with Crippen molar-refractivity contribution < 1.29 is 18.8 Å². The van der Waals surface area contributed by atoms with E-state index in [2.05, 4.69) is 22.0 Å². The number of benzene rings is 1. The zero-order valence-electron chi connectivity index (χ0n) is 16.7. The van der Waals surface area contributed by atoms with Gasteiger partial charge >= 0.3 is 0 Å². The van der Waals surface area contributed by atoms with Gasteiger partial charge in [0.15, 0.2) is 10.6 Å². The second-order valence-corrected chi connectivity index (χ2v) is 8.21. The van der Waals surface area contributed by atoms with Crippen LogP contribution < -0.4 is 14.9 Å². The summed E-state index contributed by atoms with van der Waals surface area (Å²) in [4.78, 5) is 29.1. The fraction of sp³-hybridized carbons (Fsp3) is 0.300. The lowest BCUT2D eigenvalue weighted by molar-refractivity contribution is -0.115. The first-order valence-corrected chi connectivity index (χ1v) is 11.2. The second-order valence-electron chi connectivity index (χ2n) is 6.22. The third-order valence-electron chi connectivity index (χ3n) is 3.85. The zero-order valence-corrected chi connectivity index (χ0v) is 18.3. The Hall–Kier alpha value is -2.85. The van der Waals surface area contributed by atoms with E-state index in [1.165, 1.54) is 23.1 Å². The minimum absolute atomic E-state index is 0.0950. The fourth-order valence-electron chi connectivity index (χ4n) is 2.68. The van der Waals surface area contributed by atoms with Crippen LogP contribution in [-0.4, -0.2) is 39.7 Å². The van der Waals surface area contributed by atoms with E-state index in [1.807, 2.05) is 29.7 Å². The standard InChI is InChI=1S/C20H22N4O4S2/c1-4-8-24-15-7-6-14(27-5-2)10-16(15)30-20(24)22-19(26)12-29-11-18(25)21-17-9-13(3)28-23-17/h4,6-7,9-10H,1,5,8,11-12H2,2-3H3,(H,21,23,25). The van der Waals surface area contributed by atoms with Crippen molar-refractivity contribution in [3.8, 4) is 5.75 Å². The van der Waals surface area contributed by atoms with Gasteiger partial charge in [0.1, 0.15) is 11.5 Å². The fourth-order valence-corrected chi connectivity index (χ4v) is 4.36. The van der Waals surface area contributed by atoms with E-state index in [0.717, 1.165) is 16.0 Å². The number of allylic oxidation sites excluding steroid dienone is 1. The van der Waals surface area contributed by atoms with Crippen LogP contribution in [0.1, 0.15) is 12.7 Å². The first kappa shape index (κ1) is 21.8. The number of aromatic nitrogens is 2. The molecule has 0 bridgehead atoms. The molecular weight excluding hydrogens is 424 g/mol. The van der Waals surface area contributed by atoms with E-state index < -0.39 is 0 Å². The summed E-state index contributed by atoms with van der Waals surface area (Å²) >= 11 is 2.61. The number of ether oxygens (including phenoxy) is 1. The summed E-state index contributed by atoms with van der Waals surface area (Å²) in [6.45, 7) is 8.57. The van der Waals surface area contributed by atoms with Crippen molar-refractivity contribution in [3.63, 3.8) is 0 Å². The molecule has 0 radical (unpaired) electrons. The van der Waals surface area contributed by atoms with E-state index >= 15 is 0 Å². The molecule has 0 atom stereocenters. The van der Waals surface area contributed by atoms with Crippen LogP contribution in [0.25, 0.3) is 10.2 Å². The third kappa shape index (κ3) is 5.61. The van der Waals surface area contributed by atoms with E-state index in [-0.39, 0.29) is 23.3 Å². The summed E-state index contributed by atoms with van der Waals surface area (Å²) in [6, 6.07) is 7.42. The molecule has 0 saturated carbocycles. The molecule has 10 heteroatoms. The molecule has 3 aromatic rings. The summed E-state index contributed by atoms with van der Waals surface area (Å²) in [6.07, 6.45) is 1.76. The summed E-state index contributed by atoms with van der Waals surface area (Å²) in [5.74, 6) is 1.39. The number of hydrogen-bond donors (Lipinski definition) is 1. The Morgan fingerprint density at radius 3 is 2.93 bits per heavy atom. The average Bonchev–Trinajstić information content (AvgIpc) is 3.25. The molecule has 3 rings (SSSR count). The minimum atomic E-state index is -0.306. The number of nitrogens with one attached hydrogen (secondary N) is 1. The summed E-state index contributed by atoms with van der Waals surface area (Å²) < 4.78 is 13.4. The van der Waals surface area contributed by atoms with Crippen molar-refractivity contribution in [3.05, 3.63) is 47.5 Å². The van der Waals surface area contributed by atoms with Crippen LogP contribution in [0, 0.1) is 6.92 Å². The topological polar surface area (TPSA) is 98.7 Å². The number of fused-ring (bicyclic) bond motifs is 1.